The molecule has 0 aromatic heterocycles. The average molecular weight is 342 g/mol. The fourth-order valence-corrected chi connectivity index (χ4v) is 5.72. The molecule has 0 unspecified atom stereocenters. The monoisotopic (exact) mass is 342 g/mol. The van der Waals surface area contributed by atoms with E-state index in [1.54, 1.807) is 12.1 Å². The number of ether oxygens (including phenoxy) is 2. The number of benzene rings is 1. The first-order chi connectivity index (χ1) is 12.1. The predicted molar refractivity (Wildman–Crippen MR) is 93.0 cm³/mol. The molecule has 4 aliphatic carbocycles. The first kappa shape index (κ1) is 16.8. The van der Waals surface area contributed by atoms with Crippen LogP contribution >= 0.6 is 0 Å². The number of methoxy groups -OCH3 is 1. The molecule has 0 aliphatic heterocycles. The van der Waals surface area contributed by atoms with Crippen molar-refractivity contribution in [1.82, 2.24) is 0 Å². The van der Waals surface area contributed by atoms with E-state index >= 15 is 0 Å². The minimum Gasteiger partial charge on any atom is -0.465 e. The number of Topliss-reactive ketones (excluding diaryl/α,β-unsaturated/α-hetero) is 1. The molecule has 134 valence electrons. The van der Waals surface area contributed by atoms with E-state index in [9.17, 15) is 9.59 Å². The van der Waals surface area contributed by atoms with E-state index in [2.05, 4.69) is 0 Å². The van der Waals surface area contributed by atoms with Crippen LogP contribution in [0.3, 0.4) is 0 Å². The summed E-state index contributed by atoms with van der Waals surface area (Å²) in [5.41, 5.74) is 1.41. The second-order valence-corrected chi connectivity index (χ2v) is 8.30. The highest BCUT2D eigenvalue weighted by Crippen LogP contribution is 2.60. The van der Waals surface area contributed by atoms with E-state index in [0.717, 1.165) is 42.6 Å². The molecule has 25 heavy (non-hydrogen) atoms. The molecular formula is C21H26O4. The van der Waals surface area contributed by atoms with E-state index in [4.69, 9.17) is 9.47 Å². The van der Waals surface area contributed by atoms with E-state index in [1.807, 2.05) is 12.1 Å². The van der Waals surface area contributed by atoms with Gasteiger partial charge in [0.15, 0.2) is 5.78 Å². The van der Waals surface area contributed by atoms with Gasteiger partial charge in [0.25, 0.3) is 0 Å². The molecule has 4 aliphatic rings. The first-order valence-electron chi connectivity index (χ1n) is 9.36. The van der Waals surface area contributed by atoms with Gasteiger partial charge in [0.2, 0.25) is 0 Å². The van der Waals surface area contributed by atoms with E-state index in [1.165, 1.54) is 26.4 Å². The summed E-state index contributed by atoms with van der Waals surface area (Å²) in [5.74, 6) is 2.31. The van der Waals surface area contributed by atoms with Gasteiger partial charge in [0.1, 0.15) is 6.61 Å². The molecule has 0 saturated heterocycles. The van der Waals surface area contributed by atoms with Gasteiger partial charge in [0.05, 0.1) is 19.3 Å². The van der Waals surface area contributed by atoms with Crippen molar-refractivity contribution in [1.29, 1.82) is 0 Å². The van der Waals surface area contributed by atoms with Crippen LogP contribution < -0.4 is 0 Å². The van der Waals surface area contributed by atoms with Crippen LogP contribution in [0.15, 0.2) is 24.3 Å². The number of ketones is 1. The van der Waals surface area contributed by atoms with Crippen molar-refractivity contribution in [2.75, 3.05) is 13.7 Å². The summed E-state index contributed by atoms with van der Waals surface area (Å²) in [6.07, 6.45) is 7.32. The first-order valence-corrected chi connectivity index (χ1v) is 9.36. The third-order valence-corrected chi connectivity index (χ3v) is 6.51. The Morgan fingerprint density at radius 3 is 2.08 bits per heavy atom. The topological polar surface area (TPSA) is 52.6 Å². The molecule has 4 saturated carbocycles. The summed E-state index contributed by atoms with van der Waals surface area (Å²) in [7, 11) is 1.37. The molecule has 4 bridgehead atoms. The molecule has 0 radical (unpaired) electrons. The van der Waals surface area contributed by atoms with Crippen LogP contribution in [0.4, 0.5) is 0 Å². The van der Waals surface area contributed by atoms with Crippen molar-refractivity contribution in [3.63, 3.8) is 0 Å². The molecule has 0 spiro atoms. The normalized spacial score (nSPS) is 32.6. The summed E-state index contributed by atoms with van der Waals surface area (Å²) in [6.45, 7) is 0.616. The number of carbonyl (C=O) groups excluding carboxylic acids is 2. The fraction of sp³-hybridized carbons (Fsp3) is 0.619. The second-order valence-electron chi connectivity index (χ2n) is 8.30. The van der Waals surface area contributed by atoms with Gasteiger partial charge >= 0.3 is 5.97 Å². The molecule has 5 rings (SSSR count). The van der Waals surface area contributed by atoms with E-state index in [0.29, 0.717) is 18.0 Å². The largest absolute Gasteiger partial charge is 0.465 e. The summed E-state index contributed by atoms with van der Waals surface area (Å²) in [5, 5.41) is 0. The van der Waals surface area contributed by atoms with Gasteiger partial charge in [-0.25, -0.2) is 4.79 Å². The summed E-state index contributed by atoms with van der Waals surface area (Å²) < 4.78 is 10.4. The lowest BCUT2D eigenvalue weighted by Gasteiger charge is -2.55. The van der Waals surface area contributed by atoms with Crippen LogP contribution in [-0.2, 0) is 20.9 Å². The average Bonchev–Trinajstić information content (AvgIpc) is 2.60. The van der Waals surface area contributed by atoms with Crippen LogP contribution in [0, 0.1) is 23.2 Å². The van der Waals surface area contributed by atoms with Gasteiger partial charge in [-0.15, -0.1) is 0 Å². The lowest BCUT2D eigenvalue weighted by atomic mass is 9.48. The van der Waals surface area contributed by atoms with E-state index < -0.39 is 0 Å². The molecule has 1 aromatic rings. The Labute approximate surface area is 148 Å². The number of hydrogen-bond donors (Lipinski definition) is 0. The summed E-state index contributed by atoms with van der Waals surface area (Å²) >= 11 is 0. The third kappa shape index (κ3) is 3.24. The Kier molecular flexibility index (Phi) is 4.40. The van der Waals surface area contributed by atoms with Gasteiger partial charge in [0, 0.05) is 5.41 Å². The van der Waals surface area contributed by atoms with Gasteiger partial charge in [-0.2, -0.15) is 0 Å². The molecule has 0 heterocycles. The quantitative estimate of drug-likeness (QED) is 0.738. The minimum atomic E-state index is -0.343. The number of carbonyl (C=O) groups is 2. The highest BCUT2D eigenvalue weighted by Gasteiger charge is 2.54. The van der Waals surface area contributed by atoms with Crippen molar-refractivity contribution >= 4 is 11.8 Å². The number of rotatable bonds is 6. The van der Waals surface area contributed by atoms with Crippen molar-refractivity contribution in [3.8, 4) is 0 Å². The molecule has 0 atom stereocenters. The van der Waals surface area contributed by atoms with Crippen molar-refractivity contribution in [2.45, 2.75) is 45.1 Å². The van der Waals surface area contributed by atoms with Crippen molar-refractivity contribution in [3.05, 3.63) is 35.4 Å². The van der Waals surface area contributed by atoms with E-state index in [-0.39, 0.29) is 18.0 Å². The van der Waals surface area contributed by atoms with Crippen LogP contribution in [0.1, 0.15) is 54.4 Å². The third-order valence-electron chi connectivity index (χ3n) is 6.51. The Balaban J connectivity index is 1.31. The maximum Gasteiger partial charge on any atom is 0.337 e. The predicted octanol–water partition coefficient (Wildman–Crippen LogP) is 3.78. The molecule has 1 aromatic carbocycles. The Morgan fingerprint density at radius 1 is 1.00 bits per heavy atom. The van der Waals surface area contributed by atoms with Crippen LogP contribution in [-0.4, -0.2) is 25.5 Å². The second kappa shape index (κ2) is 6.56. The van der Waals surface area contributed by atoms with Gasteiger partial charge < -0.3 is 9.47 Å². The van der Waals surface area contributed by atoms with Crippen LogP contribution in [0.25, 0.3) is 0 Å². The molecular weight excluding hydrogens is 316 g/mol. The highest BCUT2D eigenvalue weighted by molar-refractivity contribution is 5.89. The highest BCUT2D eigenvalue weighted by atomic mass is 16.5. The van der Waals surface area contributed by atoms with Gasteiger partial charge in [-0.1, -0.05) is 12.1 Å². The van der Waals surface area contributed by atoms with Crippen molar-refractivity contribution < 1.29 is 19.1 Å². The zero-order valence-corrected chi connectivity index (χ0v) is 14.8. The van der Waals surface area contributed by atoms with Crippen LogP contribution in [0.5, 0.6) is 0 Å². The molecule has 4 nitrogen and oxygen atoms in total. The standard InChI is InChI=1S/C21H26O4/c1-24-20(23)18-4-2-14(3-5-18)12-25-13-19(22)21-9-15-6-16(10-21)8-17(7-15)11-21/h2-5,15-17H,6-13H2,1H3. The molecule has 4 heteroatoms. The Morgan fingerprint density at radius 2 is 1.56 bits per heavy atom. The fourth-order valence-electron chi connectivity index (χ4n) is 5.72. The minimum absolute atomic E-state index is 0.0799. The van der Waals surface area contributed by atoms with Crippen molar-refractivity contribution in [2.24, 2.45) is 23.2 Å². The number of hydrogen-bond acceptors (Lipinski definition) is 4. The maximum absolute atomic E-state index is 12.9. The maximum atomic E-state index is 12.9. The Hall–Kier alpha value is -1.68. The molecule has 4 fully saturated rings. The van der Waals surface area contributed by atoms with Gasteiger partial charge in [-0.05, 0) is 74.0 Å². The lowest BCUT2D eigenvalue weighted by Crippen LogP contribution is -2.51. The summed E-state index contributed by atoms with van der Waals surface area (Å²) in [6, 6.07) is 7.15. The SMILES string of the molecule is COC(=O)c1ccc(COCC(=O)C23CC4CC(CC(C4)C2)C3)cc1. The number of esters is 1. The lowest BCUT2D eigenvalue weighted by molar-refractivity contribution is -0.149. The Bertz CT molecular complexity index is 626. The smallest absolute Gasteiger partial charge is 0.337 e. The molecule has 0 N–H and O–H groups in total. The zero-order valence-electron chi connectivity index (χ0n) is 14.8. The molecule has 0 amide bonds. The van der Waals surface area contributed by atoms with Crippen LogP contribution in [0.2, 0.25) is 0 Å². The zero-order chi connectivity index (χ0) is 17.4. The van der Waals surface area contributed by atoms with Gasteiger partial charge in [-0.3, -0.25) is 4.79 Å². The summed E-state index contributed by atoms with van der Waals surface area (Å²) in [4.78, 5) is 24.3.